The van der Waals surface area contributed by atoms with E-state index < -0.39 is 5.82 Å². The van der Waals surface area contributed by atoms with E-state index in [4.69, 9.17) is 4.74 Å². The van der Waals surface area contributed by atoms with E-state index in [9.17, 15) is 4.39 Å². The normalized spacial score (nSPS) is 10.6. The molecular weight excluding hydrogens is 359 g/mol. The Labute approximate surface area is 160 Å². The lowest BCUT2D eigenvalue weighted by molar-refractivity contribution is 0.440. The summed E-state index contributed by atoms with van der Waals surface area (Å²) < 4.78 is 21.4. The molecule has 0 unspecified atom stereocenters. The Kier molecular flexibility index (Phi) is 4.92. The van der Waals surface area contributed by atoms with Gasteiger partial charge in [0.15, 0.2) is 17.4 Å². The summed E-state index contributed by atoms with van der Waals surface area (Å²) in [5.74, 6) is 1.40. The van der Waals surface area contributed by atoms with Crippen LogP contribution >= 0.6 is 0 Å². The van der Waals surface area contributed by atoms with Gasteiger partial charge in [0, 0.05) is 18.9 Å². The molecule has 3 heterocycles. The van der Waals surface area contributed by atoms with Crippen LogP contribution in [0.2, 0.25) is 0 Å². The maximum atomic E-state index is 14.3. The van der Waals surface area contributed by atoms with Gasteiger partial charge in [-0.2, -0.15) is 5.10 Å². The molecule has 140 valence electrons. The van der Waals surface area contributed by atoms with Gasteiger partial charge in [0.1, 0.15) is 11.6 Å². The number of nitrogens with zero attached hydrogens (tertiary/aromatic N) is 5. The Hall–Kier alpha value is -3.81. The molecule has 1 N–H and O–H groups in total. The van der Waals surface area contributed by atoms with Gasteiger partial charge in [0.05, 0.1) is 11.9 Å². The number of rotatable bonds is 6. The van der Waals surface area contributed by atoms with Crippen molar-refractivity contribution in [2.75, 3.05) is 5.32 Å². The molecule has 0 radical (unpaired) electrons. The molecule has 4 rings (SSSR count). The van der Waals surface area contributed by atoms with Crippen LogP contribution in [0.15, 0.2) is 67.1 Å². The average molecular weight is 376 g/mol. The van der Waals surface area contributed by atoms with Crippen molar-refractivity contribution in [1.29, 1.82) is 0 Å². The van der Waals surface area contributed by atoms with Gasteiger partial charge in [-0.05, 0) is 55.0 Å². The third-order valence-electron chi connectivity index (χ3n) is 3.94. The zero-order chi connectivity index (χ0) is 19.3. The standard InChI is InChI=1S/C20H17FN6O/c1-14-8-10-27(26-14)20-7-6-19(24-25-20)23-12-15-4-5-18(17(21)11-15)28-16-3-2-9-22-13-16/h2-11,13H,12H2,1H3,(H,23,24). The number of aromatic nitrogens is 5. The first-order valence-electron chi connectivity index (χ1n) is 8.64. The van der Waals surface area contributed by atoms with Crippen LogP contribution in [-0.2, 0) is 6.54 Å². The first-order chi connectivity index (χ1) is 13.7. The molecule has 1 aromatic carbocycles. The summed E-state index contributed by atoms with van der Waals surface area (Å²) in [5.41, 5.74) is 1.66. The van der Waals surface area contributed by atoms with Gasteiger partial charge in [-0.25, -0.2) is 9.07 Å². The fourth-order valence-corrected chi connectivity index (χ4v) is 2.55. The number of anilines is 1. The number of aryl methyl sites for hydroxylation is 1. The van der Waals surface area contributed by atoms with E-state index in [-0.39, 0.29) is 5.75 Å². The second-order valence-corrected chi connectivity index (χ2v) is 6.09. The van der Waals surface area contributed by atoms with Crippen LogP contribution in [0.1, 0.15) is 11.3 Å². The molecule has 0 aliphatic heterocycles. The van der Waals surface area contributed by atoms with Gasteiger partial charge in [-0.3, -0.25) is 4.98 Å². The van der Waals surface area contributed by atoms with Gasteiger partial charge in [0.25, 0.3) is 0 Å². The van der Waals surface area contributed by atoms with Gasteiger partial charge in [-0.15, -0.1) is 10.2 Å². The second kappa shape index (κ2) is 7.83. The minimum Gasteiger partial charge on any atom is -0.453 e. The number of pyridine rings is 1. The van der Waals surface area contributed by atoms with Crippen LogP contribution in [0.25, 0.3) is 5.82 Å². The molecule has 3 aromatic heterocycles. The molecule has 0 amide bonds. The van der Waals surface area contributed by atoms with Crippen molar-refractivity contribution in [3.63, 3.8) is 0 Å². The van der Waals surface area contributed by atoms with E-state index in [1.165, 1.54) is 12.3 Å². The number of hydrogen-bond donors (Lipinski definition) is 1. The molecule has 0 fully saturated rings. The highest BCUT2D eigenvalue weighted by Crippen LogP contribution is 2.24. The number of hydrogen-bond acceptors (Lipinski definition) is 6. The largest absolute Gasteiger partial charge is 0.453 e. The summed E-state index contributed by atoms with van der Waals surface area (Å²) in [5, 5.41) is 15.7. The fourth-order valence-electron chi connectivity index (χ4n) is 2.55. The first-order valence-corrected chi connectivity index (χ1v) is 8.64. The Bertz CT molecular complexity index is 1070. The highest BCUT2D eigenvalue weighted by atomic mass is 19.1. The molecule has 7 nitrogen and oxygen atoms in total. The number of benzene rings is 1. The first kappa shape index (κ1) is 17.6. The van der Waals surface area contributed by atoms with Crippen LogP contribution in [0.5, 0.6) is 11.5 Å². The SMILES string of the molecule is Cc1ccn(-c2ccc(NCc3ccc(Oc4cccnc4)c(F)c3)nn2)n1. The molecule has 4 aromatic rings. The third-order valence-corrected chi connectivity index (χ3v) is 3.94. The van der Waals surface area contributed by atoms with E-state index in [0.717, 1.165) is 11.3 Å². The monoisotopic (exact) mass is 376 g/mol. The van der Waals surface area contributed by atoms with E-state index in [2.05, 4.69) is 25.6 Å². The van der Waals surface area contributed by atoms with Gasteiger partial charge in [-0.1, -0.05) is 6.07 Å². The second-order valence-electron chi connectivity index (χ2n) is 6.09. The molecule has 0 saturated heterocycles. The summed E-state index contributed by atoms with van der Waals surface area (Å²) in [7, 11) is 0. The molecule has 0 aliphatic rings. The third kappa shape index (κ3) is 4.12. The molecule has 0 aliphatic carbocycles. The van der Waals surface area contributed by atoms with Crippen molar-refractivity contribution < 1.29 is 9.13 Å². The fraction of sp³-hybridized carbons (Fsp3) is 0.100. The zero-order valence-corrected chi connectivity index (χ0v) is 15.1. The topological polar surface area (TPSA) is 77.8 Å². The lowest BCUT2D eigenvalue weighted by Gasteiger charge is -2.09. The summed E-state index contributed by atoms with van der Waals surface area (Å²) in [6, 6.07) is 13.8. The maximum Gasteiger partial charge on any atom is 0.175 e. The van der Waals surface area contributed by atoms with Crippen molar-refractivity contribution in [2.24, 2.45) is 0 Å². The van der Waals surface area contributed by atoms with Crippen molar-refractivity contribution in [3.8, 4) is 17.3 Å². The van der Waals surface area contributed by atoms with Gasteiger partial charge >= 0.3 is 0 Å². The van der Waals surface area contributed by atoms with Crippen molar-refractivity contribution in [3.05, 3.63) is 84.2 Å². The highest BCUT2D eigenvalue weighted by molar-refractivity contribution is 5.39. The Morgan fingerprint density at radius 3 is 2.71 bits per heavy atom. The van der Waals surface area contributed by atoms with Crippen LogP contribution in [0.4, 0.5) is 10.2 Å². The quantitative estimate of drug-likeness (QED) is 0.550. The van der Waals surface area contributed by atoms with Gasteiger partial charge < -0.3 is 10.1 Å². The maximum absolute atomic E-state index is 14.3. The minimum atomic E-state index is -0.446. The average Bonchev–Trinajstić information content (AvgIpc) is 3.16. The molecule has 28 heavy (non-hydrogen) atoms. The van der Waals surface area contributed by atoms with E-state index in [0.29, 0.717) is 23.9 Å². The van der Waals surface area contributed by atoms with Crippen molar-refractivity contribution in [2.45, 2.75) is 13.5 Å². The number of halogens is 1. The summed E-state index contributed by atoms with van der Waals surface area (Å²) in [6.07, 6.45) is 4.98. The molecule has 8 heteroatoms. The van der Waals surface area contributed by atoms with Crippen LogP contribution < -0.4 is 10.1 Å². The minimum absolute atomic E-state index is 0.149. The lowest BCUT2D eigenvalue weighted by Crippen LogP contribution is -2.05. The number of ether oxygens (including phenoxy) is 1. The van der Waals surface area contributed by atoms with E-state index in [1.807, 2.05) is 25.3 Å². The smallest absolute Gasteiger partial charge is 0.175 e. The molecule has 0 spiro atoms. The molecule has 0 bridgehead atoms. The van der Waals surface area contributed by atoms with Gasteiger partial charge in [0.2, 0.25) is 0 Å². The lowest BCUT2D eigenvalue weighted by atomic mass is 10.2. The predicted molar refractivity (Wildman–Crippen MR) is 102 cm³/mol. The Balaban J connectivity index is 1.39. The number of nitrogens with one attached hydrogen (secondary N) is 1. The summed E-state index contributed by atoms with van der Waals surface area (Å²) >= 11 is 0. The van der Waals surface area contributed by atoms with Crippen molar-refractivity contribution >= 4 is 5.82 Å². The Morgan fingerprint density at radius 1 is 1.11 bits per heavy atom. The Morgan fingerprint density at radius 2 is 2.04 bits per heavy atom. The van der Waals surface area contributed by atoms with E-state index in [1.54, 1.807) is 41.2 Å². The van der Waals surface area contributed by atoms with Crippen LogP contribution in [0, 0.1) is 12.7 Å². The van der Waals surface area contributed by atoms with Crippen LogP contribution in [-0.4, -0.2) is 25.0 Å². The van der Waals surface area contributed by atoms with Crippen LogP contribution in [0.3, 0.4) is 0 Å². The molecule has 0 saturated carbocycles. The van der Waals surface area contributed by atoms with E-state index >= 15 is 0 Å². The summed E-state index contributed by atoms with van der Waals surface area (Å²) in [6.45, 7) is 2.31. The van der Waals surface area contributed by atoms with Crippen molar-refractivity contribution in [1.82, 2.24) is 25.0 Å². The predicted octanol–water partition coefficient (Wildman–Crippen LogP) is 3.91. The highest BCUT2D eigenvalue weighted by Gasteiger charge is 2.07. The molecular formula is C20H17FN6O. The summed E-state index contributed by atoms with van der Waals surface area (Å²) in [4.78, 5) is 3.94. The molecule has 0 atom stereocenters. The zero-order valence-electron chi connectivity index (χ0n) is 15.1.